The molecule has 0 aliphatic heterocycles. The van der Waals surface area contributed by atoms with Gasteiger partial charge in [-0.05, 0) is 54.2 Å². The van der Waals surface area contributed by atoms with E-state index >= 15 is 0 Å². The van der Waals surface area contributed by atoms with Gasteiger partial charge in [0.25, 0.3) is 0 Å². The lowest BCUT2D eigenvalue weighted by Gasteiger charge is -2.05. The fraction of sp³-hybridized carbons (Fsp3) is 0.286. The van der Waals surface area contributed by atoms with Gasteiger partial charge in [0.05, 0.1) is 10.7 Å². The molecule has 2 aromatic carbocycles. The molecule has 0 atom stereocenters. The summed E-state index contributed by atoms with van der Waals surface area (Å²) in [5.74, 6) is 2.64. The number of hydrogen-bond donors (Lipinski definition) is 0. The van der Waals surface area contributed by atoms with Crippen molar-refractivity contribution >= 4 is 45.9 Å². The molecule has 132 valence electrons. The molecule has 0 bridgehead atoms. The van der Waals surface area contributed by atoms with E-state index in [0.29, 0.717) is 5.92 Å². The van der Waals surface area contributed by atoms with Crippen LogP contribution in [0.1, 0.15) is 25.0 Å². The summed E-state index contributed by atoms with van der Waals surface area (Å²) in [6.45, 7) is 6.56. The van der Waals surface area contributed by atoms with E-state index in [1.807, 2.05) is 23.9 Å². The van der Waals surface area contributed by atoms with Gasteiger partial charge >= 0.3 is 0 Å². The van der Waals surface area contributed by atoms with Crippen molar-refractivity contribution in [3.63, 3.8) is 0 Å². The number of aryl methyl sites for hydroxylation is 1. The summed E-state index contributed by atoms with van der Waals surface area (Å²) >= 11 is 9.50. The van der Waals surface area contributed by atoms with E-state index in [2.05, 4.69) is 68.7 Å². The highest BCUT2D eigenvalue weighted by atomic mass is 35.5. The summed E-state index contributed by atoms with van der Waals surface area (Å²) in [6, 6.07) is 16.3. The molecule has 4 heteroatoms. The first kappa shape index (κ1) is 20.2. The molecule has 0 heterocycles. The topological polar surface area (TPSA) is 12.4 Å². The molecular formula is C21H24ClNS2. The highest BCUT2D eigenvalue weighted by Gasteiger charge is 2.01. The van der Waals surface area contributed by atoms with Crippen molar-refractivity contribution < 1.29 is 0 Å². The van der Waals surface area contributed by atoms with Crippen molar-refractivity contribution in [2.45, 2.75) is 26.5 Å². The van der Waals surface area contributed by atoms with Gasteiger partial charge in [0.1, 0.15) is 0 Å². The maximum Gasteiger partial charge on any atom is 0.0972 e. The fourth-order valence-electron chi connectivity index (χ4n) is 1.95. The first-order valence-electron chi connectivity index (χ1n) is 8.33. The van der Waals surface area contributed by atoms with E-state index in [0.717, 1.165) is 27.3 Å². The number of thioether (sulfide) groups is 2. The third-order valence-corrected chi connectivity index (χ3v) is 5.74. The van der Waals surface area contributed by atoms with Gasteiger partial charge in [0.2, 0.25) is 0 Å². The van der Waals surface area contributed by atoms with E-state index in [9.17, 15) is 0 Å². The van der Waals surface area contributed by atoms with Crippen LogP contribution in [0.25, 0.3) is 0 Å². The molecule has 25 heavy (non-hydrogen) atoms. The van der Waals surface area contributed by atoms with Crippen molar-refractivity contribution in [3.05, 3.63) is 76.2 Å². The van der Waals surface area contributed by atoms with Crippen LogP contribution in [-0.4, -0.2) is 10.8 Å². The molecule has 0 aliphatic carbocycles. The van der Waals surface area contributed by atoms with E-state index in [1.54, 1.807) is 11.8 Å². The van der Waals surface area contributed by atoms with E-state index in [1.165, 1.54) is 11.1 Å². The molecule has 0 saturated heterocycles. The van der Waals surface area contributed by atoms with Crippen LogP contribution in [0.4, 0.5) is 5.69 Å². The highest BCUT2D eigenvalue weighted by Crippen LogP contribution is 2.21. The van der Waals surface area contributed by atoms with Gasteiger partial charge in [-0.1, -0.05) is 55.3 Å². The minimum atomic E-state index is 0.642. The van der Waals surface area contributed by atoms with Crippen molar-refractivity contribution in [2.75, 3.05) is 5.75 Å². The number of halogens is 1. The van der Waals surface area contributed by atoms with Crippen LogP contribution in [0.15, 0.2) is 65.0 Å². The van der Waals surface area contributed by atoms with Gasteiger partial charge in [-0.3, -0.25) is 0 Å². The first-order chi connectivity index (χ1) is 12.0. The largest absolute Gasteiger partial charge is 0.242 e. The highest BCUT2D eigenvalue weighted by molar-refractivity contribution is 8.14. The molecule has 0 N–H and O–H groups in total. The molecule has 1 nitrogen and oxygen atoms in total. The molecule has 0 aromatic heterocycles. The molecular weight excluding hydrogens is 366 g/mol. The van der Waals surface area contributed by atoms with Crippen LogP contribution >= 0.6 is 35.1 Å². The Balaban J connectivity index is 1.99. The molecule has 0 spiro atoms. The number of benzene rings is 2. The maximum absolute atomic E-state index is 5.92. The van der Waals surface area contributed by atoms with Crippen molar-refractivity contribution in [2.24, 2.45) is 10.9 Å². The van der Waals surface area contributed by atoms with Crippen LogP contribution in [0, 0.1) is 12.8 Å². The SMILES string of the molecule is Cc1ccc(N=C(C=CSCc2ccc(Cl)cc2)SCC(C)C)cc1. The Bertz CT molecular complexity index is 704. The minimum Gasteiger partial charge on any atom is -0.242 e. The molecule has 0 amide bonds. The van der Waals surface area contributed by atoms with Crippen LogP contribution in [0.2, 0.25) is 5.02 Å². The lowest BCUT2D eigenvalue weighted by molar-refractivity contribution is 0.752. The third kappa shape index (κ3) is 8.17. The lowest BCUT2D eigenvalue weighted by Crippen LogP contribution is -1.95. The summed E-state index contributed by atoms with van der Waals surface area (Å²) in [5.41, 5.74) is 3.53. The molecule has 2 aromatic rings. The van der Waals surface area contributed by atoms with E-state index < -0.39 is 0 Å². The average Bonchev–Trinajstić information content (AvgIpc) is 2.59. The van der Waals surface area contributed by atoms with Gasteiger partial charge in [-0.15, -0.1) is 23.5 Å². The standard InChI is InChI=1S/C21H24ClNS2/c1-16(2)14-25-21(23-20-10-4-17(3)5-11-20)12-13-24-15-18-6-8-19(22)9-7-18/h4-13,16H,14-15H2,1-3H3. The second-order valence-corrected chi connectivity index (χ2v) is 8.60. The first-order valence-corrected chi connectivity index (χ1v) is 10.7. The van der Waals surface area contributed by atoms with Gasteiger partial charge in [0.15, 0.2) is 0 Å². The summed E-state index contributed by atoms with van der Waals surface area (Å²) in [7, 11) is 0. The third-order valence-electron chi connectivity index (χ3n) is 3.31. The van der Waals surface area contributed by atoms with Crippen LogP contribution in [-0.2, 0) is 5.75 Å². The zero-order chi connectivity index (χ0) is 18.1. The number of hydrogen-bond acceptors (Lipinski definition) is 3. The fourth-order valence-corrected chi connectivity index (χ4v) is 3.70. The monoisotopic (exact) mass is 389 g/mol. The second-order valence-electron chi connectivity index (χ2n) is 6.23. The molecule has 0 aliphatic rings. The minimum absolute atomic E-state index is 0.642. The Hall–Kier alpha value is -1.16. The van der Waals surface area contributed by atoms with E-state index in [-0.39, 0.29) is 0 Å². The van der Waals surface area contributed by atoms with Crippen molar-refractivity contribution in [1.82, 2.24) is 0 Å². The summed E-state index contributed by atoms with van der Waals surface area (Å²) < 4.78 is 0. The average molecular weight is 390 g/mol. The Morgan fingerprint density at radius 3 is 2.40 bits per heavy atom. The Labute approximate surface area is 165 Å². The Kier molecular flexibility index (Phi) is 8.66. The van der Waals surface area contributed by atoms with Crippen molar-refractivity contribution in [1.29, 1.82) is 0 Å². The van der Waals surface area contributed by atoms with Crippen molar-refractivity contribution in [3.8, 4) is 0 Å². The van der Waals surface area contributed by atoms with Crippen LogP contribution < -0.4 is 0 Å². The van der Waals surface area contributed by atoms with Gasteiger partial charge in [-0.2, -0.15) is 0 Å². The normalized spacial score (nSPS) is 12.3. The van der Waals surface area contributed by atoms with Crippen LogP contribution in [0.3, 0.4) is 0 Å². The molecule has 0 radical (unpaired) electrons. The molecule has 2 rings (SSSR count). The smallest absolute Gasteiger partial charge is 0.0972 e. The molecule has 0 fully saturated rings. The number of rotatable bonds is 7. The van der Waals surface area contributed by atoms with Gasteiger partial charge in [-0.25, -0.2) is 4.99 Å². The molecule has 0 unspecified atom stereocenters. The Morgan fingerprint density at radius 1 is 1.08 bits per heavy atom. The Morgan fingerprint density at radius 2 is 1.76 bits per heavy atom. The van der Waals surface area contributed by atoms with Gasteiger partial charge < -0.3 is 0 Å². The number of nitrogens with zero attached hydrogens (tertiary/aromatic N) is 1. The zero-order valence-electron chi connectivity index (χ0n) is 14.9. The maximum atomic E-state index is 5.92. The van der Waals surface area contributed by atoms with Gasteiger partial charge in [0, 0.05) is 16.5 Å². The summed E-state index contributed by atoms with van der Waals surface area (Å²) in [4.78, 5) is 4.79. The number of aliphatic imine (C=N–C) groups is 1. The van der Waals surface area contributed by atoms with E-state index in [4.69, 9.17) is 16.6 Å². The zero-order valence-corrected chi connectivity index (χ0v) is 17.3. The second kappa shape index (κ2) is 10.7. The van der Waals surface area contributed by atoms with Crippen LogP contribution in [0.5, 0.6) is 0 Å². The molecule has 0 saturated carbocycles. The lowest BCUT2D eigenvalue weighted by atomic mass is 10.2. The predicted octanol–water partition coefficient (Wildman–Crippen LogP) is 7.51. The predicted molar refractivity (Wildman–Crippen MR) is 117 cm³/mol. The summed E-state index contributed by atoms with van der Waals surface area (Å²) in [5, 5.41) is 3.97. The quantitative estimate of drug-likeness (QED) is 0.358. The summed E-state index contributed by atoms with van der Waals surface area (Å²) in [6.07, 6.45) is 2.12.